The quantitative estimate of drug-likeness (QED) is 0.451. The molecule has 0 saturated heterocycles. The van der Waals surface area contributed by atoms with Crippen LogP contribution in [-0.4, -0.2) is 26.6 Å². The molecule has 0 aliphatic carbocycles. The molecule has 20 heavy (non-hydrogen) atoms. The van der Waals surface area contributed by atoms with Crippen molar-refractivity contribution in [1.82, 2.24) is 0 Å². The second-order valence-corrected chi connectivity index (χ2v) is 5.84. The van der Waals surface area contributed by atoms with Crippen molar-refractivity contribution in [3.8, 4) is 11.5 Å². The Morgan fingerprint density at radius 3 is 2.45 bits per heavy atom. The number of alkyl halides is 2. The number of benzene rings is 1. The van der Waals surface area contributed by atoms with Crippen molar-refractivity contribution in [1.29, 1.82) is 0 Å². The number of nitro benzene ring substituents is 1. The first-order chi connectivity index (χ1) is 9.16. The van der Waals surface area contributed by atoms with E-state index in [0.717, 1.165) is 6.07 Å². The summed E-state index contributed by atoms with van der Waals surface area (Å²) in [5.41, 5.74) is -0.990. The molecule has 0 bridgehead atoms. The maximum atomic E-state index is 12.3. The first-order valence-corrected chi connectivity index (χ1v) is 7.32. The lowest BCUT2D eigenvalue weighted by Crippen LogP contribution is -2.08. The average molecular weight is 332 g/mol. The third kappa shape index (κ3) is 3.90. The molecule has 0 aromatic heterocycles. The summed E-state index contributed by atoms with van der Waals surface area (Å²) in [7, 11) is 0.770. The summed E-state index contributed by atoms with van der Waals surface area (Å²) in [5, 5.41) is 10.8. The molecule has 0 amide bonds. The molecule has 0 fully saturated rings. The smallest absolute Gasteiger partial charge is 0.387 e. The van der Waals surface area contributed by atoms with Crippen molar-refractivity contribution in [3.63, 3.8) is 0 Å². The molecule has 11 heteroatoms. The molecule has 1 aromatic carbocycles. The Morgan fingerprint density at radius 1 is 1.45 bits per heavy atom. The van der Waals surface area contributed by atoms with Gasteiger partial charge < -0.3 is 9.47 Å². The first-order valence-electron chi connectivity index (χ1n) is 5.01. The van der Waals surface area contributed by atoms with E-state index in [9.17, 15) is 27.3 Å². The van der Waals surface area contributed by atoms with Crippen LogP contribution in [0.3, 0.4) is 0 Å². The van der Waals surface area contributed by atoms with E-state index in [2.05, 4.69) is 4.74 Å². The molecule has 0 saturated carbocycles. The zero-order valence-electron chi connectivity index (χ0n) is 9.88. The fourth-order valence-electron chi connectivity index (χ4n) is 1.31. The highest BCUT2D eigenvalue weighted by molar-refractivity contribution is 8.13. The number of nitrogens with zero attached hydrogens (tertiary/aromatic N) is 1. The van der Waals surface area contributed by atoms with Crippen LogP contribution in [0.1, 0.15) is 6.92 Å². The fraction of sp³-hybridized carbons (Fsp3) is 0.333. The van der Waals surface area contributed by atoms with Crippen LogP contribution in [0.25, 0.3) is 0 Å². The monoisotopic (exact) mass is 331 g/mol. The summed E-state index contributed by atoms with van der Waals surface area (Å²) in [4.78, 5) is 9.09. The van der Waals surface area contributed by atoms with Gasteiger partial charge in [-0.15, -0.1) is 0 Å². The summed E-state index contributed by atoms with van der Waals surface area (Å²) in [6.07, 6.45) is 0. The standard InChI is InChI=1S/C9H8ClF2NO6S/c1-2-18-7-4-5(20(10,16)17)3-6(13(14)15)8(7)19-9(11)12/h3-4,9H,2H2,1H3. The third-order valence-corrected chi connectivity index (χ3v) is 3.33. The van der Waals surface area contributed by atoms with Gasteiger partial charge in [0.25, 0.3) is 9.05 Å². The minimum absolute atomic E-state index is 0.0530. The molecule has 0 radical (unpaired) electrons. The summed E-state index contributed by atoms with van der Waals surface area (Å²) < 4.78 is 55.8. The Balaban J connectivity index is 3.58. The number of hydrogen-bond donors (Lipinski definition) is 0. The van der Waals surface area contributed by atoms with Gasteiger partial charge in [0.2, 0.25) is 5.75 Å². The predicted molar refractivity (Wildman–Crippen MR) is 63.9 cm³/mol. The molecule has 0 aliphatic rings. The maximum Gasteiger partial charge on any atom is 0.387 e. The van der Waals surface area contributed by atoms with E-state index in [1.807, 2.05) is 0 Å². The number of rotatable bonds is 6. The molecule has 1 rings (SSSR count). The van der Waals surface area contributed by atoms with Crippen LogP contribution in [-0.2, 0) is 9.05 Å². The maximum absolute atomic E-state index is 12.3. The van der Waals surface area contributed by atoms with Gasteiger partial charge in [-0.05, 0) is 6.92 Å². The van der Waals surface area contributed by atoms with Crippen molar-refractivity contribution in [2.24, 2.45) is 0 Å². The Kier molecular flexibility index (Phi) is 5.06. The van der Waals surface area contributed by atoms with Gasteiger partial charge in [-0.2, -0.15) is 8.78 Å². The normalized spacial score (nSPS) is 11.4. The number of halogens is 3. The number of nitro groups is 1. The molecule has 0 heterocycles. The minimum Gasteiger partial charge on any atom is -0.490 e. The van der Waals surface area contributed by atoms with E-state index in [1.165, 1.54) is 6.92 Å². The molecular weight excluding hydrogens is 324 g/mol. The van der Waals surface area contributed by atoms with E-state index in [1.54, 1.807) is 0 Å². The number of ether oxygens (including phenoxy) is 2. The lowest BCUT2D eigenvalue weighted by Gasteiger charge is -2.12. The van der Waals surface area contributed by atoms with Gasteiger partial charge in [-0.3, -0.25) is 10.1 Å². The Labute approximate surface area is 116 Å². The lowest BCUT2D eigenvalue weighted by molar-refractivity contribution is -0.386. The number of hydrogen-bond acceptors (Lipinski definition) is 6. The fourth-order valence-corrected chi connectivity index (χ4v) is 2.08. The summed E-state index contributed by atoms with van der Waals surface area (Å²) in [5.74, 6) is -1.38. The van der Waals surface area contributed by atoms with Gasteiger partial charge in [0, 0.05) is 22.8 Å². The molecule has 0 aliphatic heterocycles. The molecular formula is C9H8ClF2NO6S. The molecule has 0 spiro atoms. The largest absolute Gasteiger partial charge is 0.490 e. The van der Waals surface area contributed by atoms with Crippen LogP contribution >= 0.6 is 10.7 Å². The molecule has 112 valence electrons. The van der Waals surface area contributed by atoms with E-state index in [0.29, 0.717) is 6.07 Å². The summed E-state index contributed by atoms with van der Waals surface area (Å²) >= 11 is 0. The van der Waals surface area contributed by atoms with Crippen molar-refractivity contribution in [2.45, 2.75) is 18.4 Å². The van der Waals surface area contributed by atoms with Gasteiger partial charge in [-0.1, -0.05) is 0 Å². The van der Waals surface area contributed by atoms with Crippen LogP contribution in [0.4, 0.5) is 14.5 Å². The average Bonchev–Trinajstić information content (AvgIpc) is 2.28. The zero-order chi connectivity index (χ0) is 15.5. The van der Waals surface area contributed by atoms with Crippen molar-refractivity contribution in [3.05, 3.63) is 22.2 Å². The van der Waals surface area contributed by atoms with E-state index in [4.69, 9.17) is 15.4 Å². The van der Waals surface area contributed by atoms with Gasteiger partial charge in [0.1, 0.15) is 0 Å². The Hall–Kier alpha value is -1.68. The minimum atomic E-state index is -4.30. The van der Waals surface area contributed by atoms with Gasteiger partial charge >= 0.3 is 12.3 Å². The highest BCUT2D eigenvalue weighted by atomic mass is 35.7. The van der Waals surface area contributed by atoms with Crippen molar-refractivity contribution >= 4 is 25.4 Å². The third-order valence-electron chi connectivity index (χ3n) is 1.99. The zero-order valence-corrected chi connectivity index (χ0v) is 11.5. The second kappa shape index (κ2) is 6.18. The Bertz CT molecular complexity index is 621. The van der Waals surface area contributed by atoms with Crippen LogP contribution in [0.2, 0.25) is 0 Å². The van der Waals surface area contributed by atoms with Crippen LogP contribution < -0.4 is 9.47 Å². The molecule has 1 aromatic rings. The van der Waals surface area contributed by atoms with E-state index in [-0.39, 0.29) is 6.61 Å². The summed E-state index contributed by atoms with van der Waals surface area (Å²) in [6.45, 7) is -1.92. The molecule has 0 N–H and O–H groups in total. The van der Waals surface area contributed by atoms with Gasteiger partial charge in [0.05, 0.1) is 16.4 Å². The van der Waals surface area contributed by atoms with Crippen LogP contribution in [0.5, 0.6) is 11.5 Å². The second-order valence-electron chi connectivity index (χ2n) is 3.28. The highest BCUT2D eigenvalue weighted by Crippen LogP contribution is 2.41. The highest BCUT2D eigenvalue weighted by Gasteiger charge is 2.28. The summed E-state index contributed by atoms with van der Waals surface area (Å²) in [6, 6.07) is 1.29. The first kappa shape index (κ1) is 16.4. The van der Waals surface area contributed by atoms with E-state index < -0.39 is 42.7 Å². The Morgan fingerprint density at radius 2 is 2.05 bits per heavy atom. The van der Waals surface area contributed by atoms with Gasteiger partial charge in [0.15, 0.2) is 5.75 Å². The molecule has 7 nitrogen and oxygen atoms in total. The SMILES string of the molecule is CCOc1cc(S(=O)(=O)Cl)cc([N+](=O)[O-])c1OC(F)F. The van der Waals surface area contributed by atoms with Crippen molar-refractivity contribution in [2.75, 3.05) is 6.61 Å². The van der Waals surface area contributed by atoms with Gasteiger partial charge in [-0.25, -0.2) is 8.42 Å². The molecule has 0 atom stereocenters. The lowest BCUT2D eigenvalue weighted by atomic mass is 10.2. The predicted octanol–water partition coefficient (Wildman–Crippen LogP) is 2.52. The topological polar surface area (TPSA) is 95.7 Å². The van der Waals surface area contributed by atoms with E-state index >= 15 is 0 Å². The van der Waals surface area contributed by atoms with Crippen LogP contribution in [0, 0.1) is 10.1 Å². The van der Waals surface area contributed by atoms with Crippen molar-refractivity contribution < 1.29 is 31.6 Å². The van der Waals surface area contributed by atoms with Crippen LogP contribution in [0.15, 0.2) is 17.0 Å². The molecule has 0 unspecified atom stereocenters.